The van der Waals surface area contributed by atoms with Crippen molar-refractivity contribution in [1.29, 1.82) is 0 Å². The summed E-state index contributed by atoms with van der Waals surface area (Å²) >= 11 is 0. The van der Waals surface area contributed by atoms with Crippen LogP contribution < -0.4 is 11.1 Å². The van der Waals surface area contributed by atoms with Crippen LogP contribution in [0.25, 0.3) is 27.6 Å². The van der Waals surface area contributed by atoms with Gasteiger partial charge in [0.15, 0.2) is 0 Å². The van der Waals surface area contributed by atoms with Crippen molar-refractivity contribution in [1.82, 2.24) is 9.29 Å². The van der Waals surface area contributed by atoms with Crippen LogP contribution in [0, 0.1) is 6.92 Å². The van der Waals surface area contributed by atoms with E-state index in [1.165, 1.54) is 10.6 Å². The lowest BCUT2D eigenvalue weighted by Gasteiger charge is -2.23. The van der Waals surface area contributed by atoms with Crippen LogP contribution in [0.1, 0.15) is 48.3 Å². The Hall–Kier alpha value is -3.69. The van der Waals surface area contributed by atoms with E-state index in [-0.39, 0.29) is 5.91 Å². The maximum Gasteiger partial charge on any atom is 0.250 e. The lowest BCUT2D eigenvalue weighted by Crippen LogP contribution is -2.33. The van der Waals surface area contributed by atoms with Gasteiger partial charge in [-0.15, -0.1) is 0 Å². The summed E-state index contributed by atoms with van der Waals surface area (Å²) in [6.45, 7) is 6.42. The third-order valence-corrected chi connectivity index (χ3v) is 8.06. The molecule has 0 unspecified atom stereocenters. The average molecular weight is 521 g/mol. The first-order valence-corrected chi connectivity index (χ1v) is 14.0. The molecule has 4 N–H and O–H groups in total. The van der Waals surface area contributed by atoms with Crippen LogP contribution in [0.3, 0.4) is 0 Å². The number of hydrogen-bond donors (Lipinski definition) is 3. The molecule has 1 aliphatic heterocycles. The number of rotatable bonds is 7. The number of amides is 2. The molecule has 0 fully saturated rings. The molecule has 2 amide bonds. The van der Waals surface area contributed by atoms with Gasteiger partial charge in [-0.3, -0.25) is 9.59 Å². The summed E-state index contributed by atoms with van der Waals surface area (Å²) in [6, 6.07) is 11.3. The van der Waals surface area contributed by atoms with Crippen molar-refractivity contribution in [2.75, 3.05) is 24.7 Å². The number of nitrogens with two attached hydrogens (primary N) is 1. The quantitative estimate of drug-likeness (QED) is 0.394. The lowest BCUT2D eigenvalue weighted by atomic mass is 9.94. The number of nitrogens with one attached hydrogen (secondary N) is 2. The van der Waals surface area contributed by atoms with Gasteiger partial charge >= 0.3 is 0 Å². The number of sulfonamides is 1. The molecule has 0 spiro atoms. The maximum atomic E-state index is 12.6. The van der Waals surface area contributed by atoms with Crippen molar-refractivity contribution >= 4 is 44.0 Å². The first kappa shape index (κ1) is 26.4. The highest BCUT2D eigenvalue weighted by molar-refractivity contribution is 7.88. The van der Waals surface area contributed by atoms with Crippen LogP contribution in [0.15, 0.2) is 54.1 Å². The highest BCUT2D eigenvalue weighted by atomic mass is 32.2. The van der Waals surface area contributed by atoms with Gasteiger partial charge in [-0.05, 0) is 67.2 Å². The van der Waals surface area contributed by atoms with Crippen molar-refractivity contribution in [3.63, 3.8) is 0 Å². The van der Waals surface area contributed by atoms with Gasteiger partial charge in [-0.25, -0.2) is 8.42 Å². The summed E-state index contributed by atoms with van der Waals surface area (Å²) < 4.78 is 25.2. The minimum atomic E-state index is -3.26. The number of nitrogens with zero attached hydrogens (tertiary/aromatic N) is 1. The van der Waals surface area contributed by atoms with E-state index in [4.69, 9.17) is 5.73 Å². The Morgan fingerprint density at radius 3 is 2.57 bits per heavy atom. The highest BCUT2D eigenvalue weighted by Crippen LogP contribution is 2.37. The predicted octanol–water partition coefficient (Wildman–Crippen LogP) is 4.59. The predicted molar refractivity (Wildman–Crippen MR) is 149 cm³/mol. The lowest BCUT2D eigenvalue weighted by molar-refractivity contribution is -0.112. The van der Waals surface area contributed by atoms with Gasteiger partial charge in [0, 0.05) is 35.4 Å². The van der Waals surface area contributed by atoms with E-state index in [9.17, 15) is 18.0 Å². The zero-order valence-electron chi connectivity index (χ0n) is 21.5. The fourth-order valence-corrected chi connectivity index (χ4v) is 5.48. The minimum Gasteiger partial charge on any atom is -0.366 e. The molecule has 2 aromatic carbocycles. The third kappa shape index (κ3) is 5.38. The van der Waals surface area contributed by atoms with Gasteiger partial charge in [-0.2, -0.15) is 4.31 Å². The number of aromatic amines is 1. The topological polar surface area (TPSA) is 125 Å². The van der Waals surface area contributed by atoms with Gasteiger partial charge < -0.3 is 16.0 Å². The standard InChI is InChI=1S/C28H32N4O4S/c1-5-7-17(2)28(34)31-24-9-6-8-20(18(24)3)21-10-11-22(27(29)33)26-23(21)16-25(30-26)19-12-14-32(15-13-19)37(4,35)36/h6-12,16,30H,5,13-15H2,1-4H3,(H2,29,33)(H,31,34). The Morgan fingerprint density at radius 1 is 1.19 bits per heavy atom. The Morgan fingerprint density at radius 2 is 1.95 bits per heavy atom. The highest BCUT2D eigenvalue weighted by Gasteiger charge is 2.23. The first-order valence-electron chi connectivity index (χ1n) is 12.2. The molecule has 0 atom stereocenters. The summed E-state index contributed by atoms with van der Waals surface area (Å²) in [7, 11) is -3.26. The normalized spacial score (nSPS) is 15.0. The van der Waals surface area contributed by atoms with E-state index in [1.807, 2.05) is 56.3 Å². The number of anilines is 1. The molecule has 194 valence electrons. The SMILES string of the molecule is CCC=C(C)C(=O)Nc1cccc(-c2ccc(C(N)=O)c3[nH]c(C4=CCN(S(C)(=O)=O)CC4)cc23)c1C. The molecule has 1 aromatic heterocycles. The van der Waals surface area contributed by atoms with Crippen molar-refractivity contribution in [3.05, 3.63) is 70.9 Å². The molecule has 2 heterocycles. The molecule has 9 heteroatoms. The zero-order valence-corrected chi connectivity index (χ0v) is 22.3. The molecule has 8 nitrogen and oxygen atoms in total. The van der Waals surface area contributed by atoms with E-state index < -0.39 is 15.9 Å². The molecule has 37 heavy (non-hydrogen) atoms. The van der Waals surface area contributed by atoms with Gasteiger partial charge in [0.25, 0.3) is 11.8 Å². The van der Waals surface area contributed by atoms with Crippen molar-refractivity contribution in [2.45, 2.75) is 33.6 Å². The second kappa shape index (κ2) is 10.4. The smallest absolute Gasteiger partial charge is 0.250 e. The molecule has 4 rings (SSSR count). The molecule has 0 radical (unpaired) electrons. The fraction of sp³-hybridized carbons (Fsp3) is 0.286. The second-order valence-electron chi connectivity index (χ2n) is 9.32. The fourth-order valence-electron chi connectivity index (χ4n) is 4.71. The summed E-state index contributed by atoms with van der Waals surface area (Å²) in [5.74, 6) is -0.686. The van der Waals surface area contributed by atoms with E-state index in [0.717, 1.165) is 39.8 Å². The van der Waals surface area contributed by atoms with Crippen LogP contribution in [0.5, 0.6) is 0 Å². The van der Waals surface area contributed by atoms with Crippen LogP contribution in [0.4, 0.5) is 5.69 Å². The molecular formula is C28H32N4O4S. The summed E-state index contributed by atoms with van der Waals surface area (Å²) in [5, 5.41) is 3.83. The van der Waals surface area contributed by atoms with Crippen LogP contribution in [0.2, 0.25) is 0 Å². The number of hydrogen-bond acceptors (Lipinski definition) is 4. The van der Waals surface area contributed by atoms with Crippen molar-refractivity contribution in [3.8, 4) is 11.1 Å². The molecular weight excluding hydrogens is 488 g/mol. The zero-order chi connectivity index (χ0) is 26.9. The number of carbonyl (C=O) groups excluding carboxylic acids is 2. The van der Waals surface area contributed by atoms with Crippen molar-refractivity contribution < 1.29 is 18.0 Å². The van der Waals surface area contributed by atoms with Gasteiger partial charge in [0.05, 0.1) is 17.3 Å². The van der Waals surface area contributed by atoms with Crippen LogP contribution in [-0.2, 0) is 14.8 Å². The van der Waals surface area contributed by atoms with Crippen LogP contribution in [-0.4, -0.2) is 48.9 Å². The second-order valence-corrected chi connectivity index (χ2v) is 11.3. The molecule has 0 aliphatic carbocycles. The van der Waals surface area contributed by atoms with Gasteiger partial charge in [-0.1, -0.05) is 37.3 Å². The monoisotopic (exact) mass is 520 g/mol. The average Bonchev–Trinajstić information content (AvgIpc) is 3.30. The molecule has 3 aromatic rings. The maximum absolute atomic E-state index is 12.6. The Bertz CT molecular complexity index is 1560. The number of aromatic nitrogens is 1. The minimum absolute atomic E-state index is 0.146. The van der Waals surface area contributed by atoms with E-state index in [2.05, 4.69) is 10.3 Å². The third-order valence-electron chi connectivity index (χ3n) is 6.79. The van der Waals surface area contributed by atoms with Gasteiger partial charge in [0.2, 0.25) is 10.0 Å². The number of H-pyrrole nitrogens is 1. The summed E-state index contributed by atoms with van der Waals surface area (Å²) in [4.78, 5) is 28.2. The van der Waals surface area contributed by atoms with Gasteiger partial charge in [0.1, 0.15) is 0 Å². The number of benzene rings is 2. The molecule has 0 saturated carbocycles. The van der Waals surface area contributed by atoms with E-state index in [1.54, 1.807) is 13.0 Å². The van der Waals surface area contributed by atoms with E-state index in [0.29, 0.717) is 41.9 Å². The van der Waals surface area contributed by atoms with Crippen LogP contribution >= 0.6 is 0 Å². The largest absolute Gasteiger partial charge is 0.366 e. The molecule has 0 saturated heterocycles. The first-order chi connectivity index (χ1) is 17.5. The number of carbonyl (C=O) groups is 2. The molecule has 1 aliphatic rings. The van der Waals surface area contributed by atoms with Crippen molar-refractivity contribution in [2.24, 2.45) is 5.73 Å². The number of primary amides is 1. The van der Waals surface area contributed by atoms with E-state index >= 15 is 0 Å². The molecule has 0 bridgehead atoms. The number of fused-ring (bicyclic) bond motifs is 1. The summed E-state index contributed by atoms with van der Waals surface area (Å²) in [6.07, 6.45) is 6.32. The Balaban J connectivity index is 1.79. The Labute approximate surface area is 217 Å². The Kier molecular flexibility index (Phi) is 7.38. The summed E-state index contributed by atoms with van der Waals surface area (Å²) in [5.41, 5.74) is 12.6. The number of allylic oxidation sites excluding steroid dienone is 1.